The van der Waals surface area contributed by atoms with Gasteiger partial charge in [0.15, 0.2) is 5.78 Å². The number of fused-ring (bicyclic) bond motifs is 1. The second-order valence-electron chi connectivity index (χ2n) is 11.8. The van der Waals surface area contributed by atoms with Crippen molar-refractivity contribution in [3.05, 3.63) is 35.5 Å². The minimum Gasteiger partial charge on any atom is -0.393 e. The van der Waals surface area contributed by atoms with E-state index in [0.29, 0.717) is 37.2 Å². The average Bonchev–Trinajstić information content (AvgIpc) is 3.06. The summed E-state index contributed by atoms with van der Waals surface area (Å²) in [5, 5.41) is 20.2. The average molecular weight is 445 g/mol. The maximum absolute atomic E-state index is 12.2. The molecular formula is C28H44O4. The monoisotopic (exact) mass is 444 g/mol. The Kier molecular flexibility index (Phi) is 7.89. The zero-order valence-electron chi connectivity index (χ0n) is 20.8. The van der Waals surface area contributed by atoms with Crippen molar-refractivity contribution >= 4 is 5.78 Å². The second-order valence-corrected chi connectivity index (χ2v) is 11.8. The SMILES string of the molecule is C=C1/C(=C\C=C2/CCC[C@]3(C)[C@@H]([C@H](C)COCC(=O)C(C)(C)C)CC[C@@H]23)C[C@@H](O)C[C@@H]1O. The first kappa shape index (κ1) is 25.4. The van der Waals surface area contributed by atoms with Crippen LogP contribution in [0.1, 0.15) is 79.6 Å². The molecule has 0 radical (unpaired) electrons. The van der Waals surface area contributed by atoms with Crippen molar-refractivity contribution in [2.24, 2.45) is 28.6 Å². The lowest BCUT2D eigenvalue weighted by molar-refractivity contribution is -0.131. The molecule has 4 heteroatoms. The third-order valence-corrected chi connectivity index (χ3v) is 8.44. The van der Waals surface area contributed by atoms with Crippen molar-refractivity contribution in [1.82, 2.24) is 0 Å². The number of allylic oxidation sites excluding steroid dienone is 3. The van der Waals surface area contributed by atoms with Gasteiger partial charge in [-0.2, -0.15) is 0 Å². The fourth-order valence-corrected chi connectivity index (χ4v) is 6.35. The quantitative estimate of drug-likeness (QED) is 0.576. The van der Waals surface area contributed by atoms with E-state index in [1.165, 1.54) is 31.3 Å². The Morgan fingerprint density at radius 3 is 2.69 bits per heavy atom. The molecule has 0 aliphatic heterocycles. The van der Waals surface area contributed by atoms with Gasteiger partial charge in [0, 0.05) is 11.8 Å². The van der Waals surface area contributed by atoms with Crippen molar-refractivity contribution in [1.29, 1.82) is 0 Å². The summed E-state index contributed by atoms with van der Waals surface area (Å²) in [6.45, 7) is 15.5. The Bertz CT molecular complexity index is 771. The van der Waals surface area contributed by atoms with E-state index in [0.717, 1.165) is 17.6 Å². The van der Waals surface area contributed by atoms with Crippen LogP contribution in [0, 0.1) is 28.6 Å². The highest BCUT2D eigenvalue weighted by Gasteiger charge is 2.50. The zero-order chi connectivity index (χ0) is 23.7. The highest BCUT2D eigenvalue weighted by atomic mass is 16.5. The lowest BCUT2D eigenvalue weighted by Crippen LogP contribution is -2.37. The first-order chi connectivity index (χ1) is 14.9. The van der Waals surface area contributed by atoms with Crippen LogP contribution in [-0.4, -0.2) is 41.4 Å². The number of aliphatic hydroxyl groups excluding tert-OH is 2. The van der Waals surface area contributed by atoms with Crippen LogP contribution in [-0.2, 0) is 9.53 Å². The summed E-state index contributed by atoms with van der Waals surface area (Å²) < 4.78 is 5.88. The summed E-state index contributed by atoms with van der Waals surface area (Å²) >= 11 is 0. The van der Waals surface area contributed by atoms with Crippen molar-refractivity contribution in [3.8, 4) is 0 Å². The standard InChI is InChI=1S/C28H44O4/c1-18(16-32-17-26(31)27(3,4)5)23-11-12-24-20(8-7-13-28(23,24)6)9-10-21-14-22(29)15-25(30)19(21)2/h9-10,18,22-25,29-30H,2,7-8,11-17H2,1,3-6H3/b20-9+,21-10-/t18-,22-,23-,24+,25+,28-/m1/s1. The predicted octanol–water partition coefficient (Wildman–Crippen LogP) is 5.40. The van der Waals surface area contributed by atoms with Crippen LogP contribution in [0.15, 0.2) is 35.5 Å². The summed E-state index contributed by atoms with van der Waals surface area (Å²) in [6.07, 6.45) is 10.2. The number of carbonyl (C=O) groups is 1. The van der Waals surface area contributed by atoms with Crippen LogP contribution in [0.4, 0.5) is 0 Å². The van der Waals surface area contributed by atoms with Gasteiger partial charge in [-0.3, -0.25) is 4.79 Å². The van der Waals surface area contributed by atoms with Crippen molar-refractivity contribution in [2.75, 3.05) is 13.2 Å². The van der Waals surface area contributed by atoms with Gasteiger partial charge in [-0.1, -0.05) is 58.9 Å². The molecule has 6 atom stereocenters. The van der Waals surface area contributed by atoms with Gasteiger partial charge < -0.3 is 14.9 Å². The lowest BCUT2D eigenvalue weighted by Gasteiger charge is -2.44. The number of carbonyl (C=O) groups excluding carboxylic acids is 1. The van der Waals surface area contributed by atoms with Gasteiger partial charge in [0.25, 0.3) is 0 Å². The van der Waals surface area contributed by atoms with Gasteiger partial charge in [-0.15, -0.1) is 0 Å². The summed E-state index contributed by atoms with van der Waals surface area (Å²) in [4.78, 5) is 12.2. The van der Waals surface area contributed by atoms with Gasteiger partial charge in [0.1, 0.15) is 6.61 Å². The van der Waals surface area contributed by atoms with Gasteiger partial charge >= 0.3 is 0 Å². The lowest BCUT2D eigenvalue weighted by atomic mass is 9.61. The maximum Gasteiger partial charge on any atom is 0.163 e. The number of hydrogen-bond donors (Lipinski definition) is 2. The van der Waals surface area contributed by atoms with Crippen LogP contribution < -0.4 is 0 Å². The van der Waals surface area contributed by atoms with Crippen LogP contribution >= 0.6 is 0 Å². The summed E-state index contributed by atoms with van der Waals surface area (Å²) in [6, 6.07) is 0. The third kappa shape index (κ3) is 5.46. The topological polar surface area (TPSA) is 66.8 Å². The highest BCUT2D eigenvalue weighted by molar-refractivity contribution is 5.84. The van der Waals surface area contributed by atoms with E-state index in [2.05, 4.69) is 32.6 Å². The molecule has 3 fully saturated rings. The van der Waals surface area contributed by atoms with Gasteiger partial charge in [-0.25, -0.2) is 0 Å². The third-order valence-electron chi connectivity index (χ3n) is 8.44. The van der Waals surface area contributed by atoms with Crippen molar-refractivity contribution < 1.29 is 19.7 Å². The predicted molar refractivity (Wildman–Crippen MR) is 129 cm³/mol. The molecule has 3 saturated carbocycles. The first-order valence-electron chi connectivity index (χ1n) is 12.5. The second kappa shape index (κ2) is 9.95. The smallest absolute Gasteiger partial charge is 0.163 e. The molecule has 0 heterocycles. The molecule has 3 aliphatic carbocycles. The maximum atomic E-state index is 12.2. The fraction of sp³-hybridized carbons (Fsp3) is 0.750. The molecule has 3 rings (SSSR count). The first-order valence-corrected chi connectivity index (χ1v) is 12.5. The molecule has 0 aromatic heterocycles. The number of hydrogen-bond acceptors (Lipinski definition) is 4. The Hall–Kier alpha value is -1.23. The van der Waals surface area contributed by atoms with E-state index in [-0.39, 0.29) is 23.2 Å². The fourth-order valence-electron chi connectivity index (χ4n) is 6.35. The summed E-state index contributed by atoms with van der Waals surface area (Å²) in [7, 11) is 0. The minimum atomic E-state index is -0.637. The molecule has 0 amide bonds. The van der Waals surface area contributed by atoms with E-state index in [4.69, 9.17) is 4.74 Å². The molecule has 2 N–H and O–H groups in total. The van der Waals surface area contributed by atoms with Crippen LogP contribution in [0.5, 0.6) is 0 Å². The Balaban J connectivity index is 1.67. The molecule has 0 bridgehead atoms. The number of ketones is 1. The number of Topliss-reactive ketones (excluding diaryl/α,β-unsaturated/α-hetero) is 1. The Morgan fingerprint density at radius 1 is 1.28 bits per heavy atom. The van der Waals surface area contributed by atoms with Gasteiger partial charge in [-0.05, 0) is 72.8 Å². The van der Waals surface area contributed by atoms with E-state index < -0.39 is 12.2 Å². The van der Waals surface area contributed by atoms with Gasteiger partial charge in [0.05, 0.1) is 18.8 Å². The molecule has 3 aliphatic rings. The normalized spacial score (nSPS) is 37.0. The molecule has 0 aromatic carbocycles. The number of ether oxygens (including phenoxy) is 1. The molecule has 0 unspecified atom stereocenters. The van der Waals surface area contributed by atoms with E-state index in [1.807, 2.05) is 20.8 Å². The molecule has 4 nitrogen and oxygen atoms in total. The van der Waals surface area contributed by atoms with E-state index in [1.54, 1.807) is 0 Å². The van der Waals surface area contributed by atoms with Crippen molar-refractivity contribution in [3.63, 3.8) is 0 Å². The molecule has 0 aromatic rings. The summed E-state index contributed by atoms with van der Waals surface area (Å²) in [5.41, 5.74) is 3.16. The molecule has 180 valence electrons. The molecule has 0 spiro atoms. The van der Waals surface area contributed by atoms with E-state index >= 15 is 0 Å². The molecular weight excluding hydrogens is 400 g/mol. The van der Waals surface area contributed by atoms with Gasteiger partial charge in [0.2, 0.25) is 0 Å². The Morgan fingerprint density at radius 2 is 2.00 bits per heavy atom. The number of aliphatic hydroxyl groups is 2. The number of rotatable bonds is 6. The Labute approximate surface area is 194 Å². The van der Waals surface area contributed by atoms with Crippen LogP contribution in [0.2, 0.25) is 0 Å². The van der Waals surface area contributed by atoms with E-state index in [9.17, 15) is 15.0 Å². The minimum absolute atomic E-state index is 0.163. The van der Waals surface area contributed by atoms with Crippen molar-refractivity contribution in [2.45, 2.75) is 91.8 Å². The highest BCUT2D eigenvalue weighted by Crippen LogP contribution is 2.59. The molecule has 32 heavy (non-hydrogen) atoms. The molecule has 0 saturated heterocycles. The van der Waals surface area contributed by atoms with Crippen LogP contribution in [0.25, 0.3) is 0 Å². The zero-order valence-corrected chi connectivity index (χ0v) is 20.8. The summed E-state index contributed by atoms with van der Waals surface area (Å²) in [5.74, 6) is 1.76. The largest absolute Gasteiger partial charge is 0.393 e. The van der Waals surface area contributed by atoms with Crippen LogP contribution in [0.3, 0.4) is 0 Å².